The van der Waals surface area contributed by atoms with E-state index < -0.39 is 12.0 Å². The van der Waals surface area contributed by atoms with Gasteiger partial charge in [-0.1, -0.05) is 0 Å². The van der Waals surface area contributed by atoms with E-state index in [9.17, 15) is 13.2 Å². The minimum atomic E-state index is -4.46. The van der Waals surface area contributed by atoms with Gasteiger partial charge in [-0.25, -0.2) is 0 Å². The molecule has 4 nitrogen and oxygen atoms in total. The maximum Gasteiger partial charge on any atom is 0.452 e. The van der Waals surface area contributed by atoms with Crippen molar-refractivity contribution in [3.05, 3.63) is 5.82 Å². The molecule has 1 atom stereocenters. The number of hydrogen-bond acceptors (Lipinski definition) is 5. The molecule has 1 aromatic heterocycles. The summed E-state index contributed by atoms with van der Waals surface area (Å²) in [6.45, 7) is 1.93. The third-order valence-electron chi connectivity index (χ3n) is 2.56. The first-order valence-corrected chi connectivity index (χ1v) is 5.64. The molecule has 2 rings (SSSR count). The molecular formula is C8H11F3N4S. The van der Waals surface area contributed by atoms with Crippen molar-refractivity contribution < 1.29 is 13.2 Å². The molecule has 1 aromatic rings. The fraction of sp³-hybridized carbons (Fsp3) is 0.750. The van der Waals surface area contributed by atoms with Gasteiger partial charge in [-0.3, -0.25) is 0 Å². The van der Waals surface area contributed by atoms with Crippen LogP contribution in [-0.2, 0) is 6.18 Å². The second-order valence-electron chi connectivity index (χ2n) is 3.73. The van der Waals surface area contributed by atoms with E-state index in [0.29, 0.717) is 30.7 Å². The van der Waals surface area contributed by atoms with Gasteiger partial charge in [-0.15, -0.1) is 0 Å². The lowest BCUT2D eigenvalue weighted by Gasteiger charge is -2.13. The number of halogens is 3. The zero-order valence-corrected chi connectivity index (χ0v) is 9.18. The number of rotatable bonds is 2. The number of aromatic nitrogens is 2. The molecule has 1 aliphatic heterocycles. The molecule has 0 amide bonds. The van der Waals surface area contributed by atoms with Crippen LogP contribution in [0, 0.1) is 5.92 Å². The average Bonchev–Trinajstić information content (AvgIpc) is 2.85. The standard InChI is InChI=1S/C8H11F3N4S/c9-8(10,11)6-13-7(16-14-6)15-2-1-5(3-12)4-15/h5H,1-4,12H2. The Morgan fingerprint density at radius 2 is 2.25 bits per heavy atom. The van der Waals surface area contributed by atoms with Gasteiger partial charge >= 0.3 is 6.18 Å². The van der Waals surface area contributed by atoms with Crippen LogP contribution >= 0.6 is 11.5 Å². The first kappa shape index (κ1) is 11.6. The van der Waals surface area contributed by atoms with E-state index in [4.69, 9.17) is 5.73 Å². The molecule has 0 spiro atoms. The Hall–Kier alpha value is -0.890. The van der Waals surface area contributed by atoms with Crippen molar-refractivity contribution in [1.29, 1.82) is 0 Å². The van der Waals surface area contributed by atoms with Crippen LogP contribution in [0.1, 0.15) is 12.2 Å². The van der Waals surface area contributed by atoms with Gasteiger partial charge in [0.2, 0.25) is 11.0 Å². The Morgan fingerprint density at radius 1 is 1.50 bits per heavy atom. The lowest BCUT2D eigenvalue weighted by atomic mass is 10.1. The smallest absolute Gasteiger partial charge is 0.347 e. The minimum Gasteiger partial charge on any atom is -0.347 e. The molecule has 1 saturated heterocycles. The summed E-state index contributed by atoms with van der Waals surface area (Å²) >= 11 is 0.790. The summed E-state index contributed by atoms with van der Waals surface area (Å²) in [6, 6.07) is 0. The minimum absolute atomic E-state index is 0.336. The van der Waals surface area contributed by atoms with Crippen LogP contribution in [0.2, 0.25) is 0 Å². The van der Waals surface area contributed by atoms with E-state index in [-0.39, 0.29) is 0 Å². The monoisotopic (exact) mass is 252 g/mol. The van der Waals surface area contributed by atoms with Gasteiger partial charge in [0.05, 0.1) is 0 Å². The molecule has 90 valence electrons. The third-order valence-corrected chi connectivity index (χ3v) is 3.34. The molecule has 0 saturated carbocycles. The van der Waals surface area contributed by atoms with Gasteiger partial charge in [-0.05, 0) is 18.9 Å². The maximum atomic E-state index is 12.3. The number of nitrogens with two attached hydrogens (primary N) is 1. The topological polar surface area (TPSA) is 55.0 Å². The predicted molar refractivity (Wildman–Crippen MR) is 54.3 cm³/mol. The largest absolute Gasteiger partial charge is 0.452 e. The van der Waals surface area contributed by atoms with Crippen LogP contribution in [0.5, 0.6) is 0 Å². The molecule has 8 heteroatoms. The van der Waals surface area contributed by atoms with Crippen molar-refractivity contribution in [2.24, 2.45) is 11.7 Å². The number of hydrogen-bond donors (Lipinski definition) is 1. The van der Waals surface area contributed by atoms with Crippen molar-refractivity contribution in [1.82, 2.24) is 9.36 Å². The van der Waals surface area contributed by atoms with Gasteiger partial charge in [0, 0.05) is 24.6 Å². The van der Waals surface area contributed by atoms with Gasteiger partial charge in [0.1, 0.15) is 0 Å². The Balaban J connectivity index is 2.08. The van der Waals surface area contributed by atoms with Crippen LogP contribution in [0.3, 0.4) is 0 Å². The highest BCUT2D eigenvalue weighted by atomic mass is 32.1. The van der Waals surface area contributed by atoms with Crippen molar-refractivity contribution in [2.45, 2.75) is 12.6 Å². The fourth-order valence-corrected chi connectivity index (χ4v) is 2.38. The first-order valence-electron chi connectivity index (χ1n) is 4.86. The Bertz CT molecular complexity index is 364. The Kier molecular flexibility index (Phi) is 3.02. The maximum absolute atomic E-state index is 12.3. The predicted octanol–water partition coefficient (Wildman–Crippen LogP) is 1.34. The third kappa shape index (κ3) is 2.27. The van der Waals surface area contributed by atoms with Crippen LogP contribution in [0.15, 0.2) is 0 Å². The summed E-state index contributed by atoms with van der Waals surface area (Å²) < 4.78 is 40.1. The van der Waals surface area contributed by atoms with Crippen molar-refractivity contribution in [3.8, 4) is 0 Å². The number of nitrogens with zero attached hydrogens (tertiary/aromatic N) is 3. The molecule has 0 bridgehead atoms. The van der Waals surface area contributed by atoms with Crippen LogP contribution in [0.4, 0.5) is 18.3 Å². The molecule has 1 aliphatic rings. The van der Waals surface area contributed by atoms with E-state index in [1.54, 1.807) is 0 Å². The first-order chi connectivity index (χ1) is 7.50. The Morgan fingerprint density at radius 3 is 2.75 bits per heavy atom. The van der Waals surface area contributed by atoms with Crippen molar-refractivity contribution in [2.75, 3.05) is 24.5 Å². The normalized spacial score (nSPS) is 21.8. The highest BCUT2D eigenvalue weighted by molar-refractivity contribution is 7.09. The van der Waals surface area contributed by atoms with Gasteiger partial charge < -0.3 is 10.6 Å². The molecular weight excluding hydrogens is 241 g/mol. The molecule has 2 heterocycles. The lowest BCUT2D eigenvalue weighted by Crippen LogP contribution is -2.22. The zero-order chi connectivity index (χ0) is 11.8. The summed E-state index contributed by atoms with van der Waals surface area (Å²) in [5.74, 6) is -0.707. The molecule has 16 heavy (non-hydrogen) atoms. The molecule has 2 N–H and O–H groups in total. The van der Waals surface area contributed by atoms with E-state index in [1.165, 1.54) is 0 Å². The van der Waals surface area contributed by atoms with E-state index in [1.807, 2.05) is 4.90 Å². The molecule has 0 aromatic carbocycles. The van der Waals surface area contributed by atoms with Gasteiger partial charge in [-0.2, -0.15) is 22.5 Å². The van der Waals surface area contributed by atoms with Crippen molar-refractivity contribution >= 4 is 16.7 Å². The van der Waals surface area contributed by atoms with Gasteiger partial charge in [0.15, 0.2) is 0 Å². The van der Waals surface area contributed by atoms with Crippen LogP contribution in [0.25, 0.3) is 0 Å². The Labute approximate surface area is 94.4 Å². The second-order valence-corrected chi connectivity index (χ2v) is 4.47. The van der Waals surface area contributed by atoms with Crippen molar-refractivity contribution in [3.63, 3.8) is 0 Å². The second kappa shape index (κ2) is 4.17. The molecule has 1 unspecified atom stereocenters. The van der Waals surface area contributed by atoms with E-state index >= 15 is 0 Å². The van der Waals surface area contributed by atoms with Gasteiger partial charge in [0.25, 0.3) is 0 Å². The molecule has 0 aliphatic carbocycles. The van der Waals surface area contributed by atoms with Crippen LogP contribution < -0.4 is 10.6 Å². The fourth-order valence-electron chi connectivity index (χ4n) is 1.66. The summed E-state index contributed by atoms with van der Waals surface area (Å²) in [5.41, 5.74) is 5.51. The highest BCUT2D eigenvalue weighted by Gasteiger charge is 2.37. The lowest BCUT2D eigenvalue weighted by molar-refractivity contribution is -0.144. The SMILES string of the molecule is NCC1CCN(c2nc(C(F)(F)F)ns2)C1. The highest BCUT2D eigenvalue weighted by Crippen LogP contribution is 2.31. The average molecular weight is 252 g/mol. The number of alkyl halides is 3. The number of anilines is 1. The summed E-state index contributed by atoms with van der Waals surface area (Å²) in [7, 11) is 0. The molecule has 1 fully saturated rings. The molecule has 0 radical (unpaired) electrons. The summed E-state index contributed by atoms with van der Waals surface area (Å²) in [5, 5.41) is 0.336. The van der Waals surface area contributed by atoms with E-state index in [2.05, 4.69) is 9.36 Å². The zero-order valence-electron chi connectivity index (χ0n) is 8.37. The van der Waals surface area contributed by atoms with Crippen LogP contribution in [-0.4, -0.2) is 29.0 Å². The quantitative estimate of drug-likeness (QED) is 0.863. The summed E-state index contributed by atoms with van der Waals surface area (Å²) in [4.78, 5) is 5.31. The van der Waals surface area contributed by atoms with E-state index in [0.717, 1.165) is 18.0 Å². The summed E-state index contributed by atoms with van der Waals surface area (Å²) in [6.07, 6.45) is -3.56.